The third-order valence-corrected chi connectivity index (χ3v) is 4.68. The zero-order chi connectivity index (χ0) is 13.1. The first-order valence-electron chi connectivity index (χ1n) is 7.75. The van der Waals surface area contributed by atoms with E-state index >= 15 is 0 Å². The summed E-state index contributed by atoms with van der Waals surface area (Å²) in [5.41, 5.74) is 1.42. The Kier molecular flexibility index (Phi) is 3.89. The summed E-state index contributed by atoms with van der Waals surface area (Å²) in [5.74, 6) is 0. The average molecular weight is 262 g/mol. The van der Waals surface area contributed by atoms with Gasteiger partial charge in [-0.2, -0.15) is 5.10 Å². The zero-order valence-corrected chi connectivity index (χ0v) is 12.0. The van der Waals surface area contributed by atoms with Gasteiger partial charge in [0.25, 0.3) is 0 Å². The number of rotatable bonds is 4. The first-order valence-corrected chi connectivity index (χ1v) is 7.75. The van der Waals surface area contributed by atoms with E-state index in [0.717, 1.165) is 19.6 Å². The number of hydrogen-bond donors (Lipinski definition) is 2. The minimum atomic E-state index is 0.245. The monoisotopic (exact) mass is 262 g/mol. The lowest BCUT2D eigenvalue weighted by Gasteiger charge is -2.24. The maximum atomic E-state index is 4.76. The van der Waals surface area contributed by atoms with E-state index < -0.39 is 0 Å². The molecule has 3 rings (SSSR count). The summed E-state index contributed by atoms with van der Waals surface area (Å²) < 4.78 is 2.20. The Morgan fingerprint density at radius 3 is 3.00 bits per heavy atom. The molecule has 0 spiro atoms. The maximum absolute atomic E-state index is 4.76. The van der Waals surface area contributed by atoms with Crippen LogP contribution in [0.2, 0.25) is 0 Å². The molecule has 4 heteroatoms. The van der Waals surface area contributed by atoms with Crippen molar-refractivity contribution in [3.05, 3.63) is 18.0 Å². The van der Waals surface area contributed by atoms with Crippen LogP contribution in [0.25, 0.3) is 0 Å². The van der Waals surface area contributed by atoms with Gasteiger partial charge >= 0.3 is 0 Å². The van der Waals surface area contributed by atoms with Crippen LogP contribution in [0.15, 0.2) is 12.3 Å². The summed E-state index contributed by atoms with van der Waals surface area (Å²) in [6.07, 6.45) is 10.1. The van der Waals surface area contributed by atoms with Crippen molar-refractivity contribution in [2.75, 3.05) is 13.1 Å². The van der Waals surface area contributed by atoms with Crippen molar-refractivity contribution in [1.82, 2.24) is 20.4 Å². The Morgan fingerprint density at radius 1 is 1.42 bits per heavy atom. The van der Waals surface area contributed by atoms with E-state index in [2.05, 4.69) is 34.5 Å². The number of aromatic nitrogens is 2. The van der Waals surface area contributed by atoms with E-state index in [1.807, 2.05) is 0 Å². The third kappa shape index (κ3) is 3.18. The molecule has 2 N–H and O–H groups in total. The van der Waals surface area contributed by atoms with Gasteiger partial charge in [0.15, 0.2) is 0 Å². The van der Waals surface area contributed by atoms with Gasteiger partial charge in [0, 0.05) is 24.8 Å². The molecule has 1 aromatic heterocycles. The van der Waals surface area contributed by atoms with Crippen molar-refractivity contribution in [2.45, 2.75) is 63.6 Å². The van der Waals surface area contributed by atoms with Gasteiger partial charge in [-0.05, 0) is 38.8 Å². The van der Waals surface area contributed by atoms with Crippen LogP contribution in [0.3, 0.4) is 0 Å². The molecule has 4 nitrogen and oxygen atoms in total. The number of nitrogens with one attached hydrogen (secondary N) is 2. The Balaban J connectivity index is 1.55. The summed E-state index contributed by atoms with van der Waals surface area (Å²) in [4.78, 5) is 0. The molecular formula is C15H26N4. The van der Waals surface area contributed by atoms with Crippen LogP contribution in [0.4, 0.5) is 0 Å². The van der Waals surface area contributed by atoms with Crippen molar-refractivity contribution in [2.24, 2.45) is 0 Å². The zero-order valence-electron chi connectivity index (χ0n) is 12.0. The fourth-order valence-corrected chi connectivity index (χ4v) is 3.29. The standard InChI is InChI=1S/C15H26N4/c1-15(8-9-16-12-15)17-11-13-7-10-19(18-13)14-5-3-2-4-6-14/h7,10,14,16-17H,2-6,8-9,11-12H2,1H3. The molecule has 1 atom stereocenters. The number of nitrogens with zero attached hydrogens (tertiary/aromatic N) is 2. The molecule has 1 unspecified atom stereocenters. The quantitative estimate of drug-likeness (QED) is 0.874. The highest BCUT2D eigenvalue weighted by atomic mass is 15.3. The molecule has 19 heavy (non-hydrogen) atoms. The molecule has 0 aromatic carbocycles. The maximum Gasteiger partial charge on any atom is 0.0762 e. The van der Waals surface area contributed by atoms with Gasteiger partial charge < -0.3 is 10.6 Å². The molecular weight excluding hydrogens is 236 g/mol. The molecule has 0 bridgehead atoms. The molecule has 2 heterocycles. The molecule has 1 saturated carbocycles. The highest BCUT2D eigenvalue weighted by molar-refractivity contribution is 5.02. The van der Waals surface area contributed by atoms with Gasteiger partial charge in [-0.3, -0.25) is 4.68 Å². The van der Waals surface area contributed by atoms with E-state index in [-0.39, 0.29) is 5.54 Å². The fourth-order valence-electron chi connectivity index (χ4n) is 3.29. The van der Waals surface area contributed by atoms with Crippen LogP contribution < -0.4 is 10.6 Å². The lowest BCUT2D eigenvalue weighted by Crippen LogP contribution is -2.43. The van der Waals surface area contributed by atoms with E-state index in [0.29, 0.717) is 6.04 Å². The van der Waals surface area contributed by atoms with Crippen LogP contribution in [-0.2, 0) is 6.54 Å². The van der Waals surface area contributed by atoms with Crippen LogP contribution in [0.5, 0.6) is 0 Å². The van der Waals surface area contributed by atoms with E-state index in [9.17, 15) is 0 Å². The second kappa shape index (κ2) is 5.63. The summed E-state index contributed by atoms with van der Waals surface area (Å²) >= 11 is 0. The lowest BCUT2D eigenvalue weighted by molar-refractivity contribution is 0.325. The summed E-state index contributed by atoms with van der Waals surface area (Å²) in [6, 6.07) is 2.82. The van der Waals surface area contributed by atoms with Crippen LogP contribution >= 0.6 is 0 Å². The fraction of sp³-hybridized carbons (Fsp3) is 0.800. The van der Waals surface area contributed by atoms with Crippen molar-refractivity contribution >= 4 is 0 Å². The van der Waals surface area contributed by atoms with Gasteiger partial charge in [0.1, 0.15) is 0 Å². The minimum Gasteiger partial charge on any atom is -0.315 e. The first-order chi connectivity index (χ1) is 9.25. The molecule has 1 saturated heterocycles. The molecule has 2 fully saturated rings. The topological polar surface area (TPSA) is 41.9 Å². The smallest absolute Gasteiger partial charge is 0.0762 e. The van der Waals surface area contributed by atoms with Crippen LogP contribution in [-0.4, -0.2) is 28.4 Å². The van der Waals surface area contributed by atoms with Crippen molar-refractivity contribution in [1.29, 1.82) is 0 Å². The summed E-state index contributed by atoms with van der Waals surface area (Å²) in [7, 11) is 0. The highest BCUT2D eigenvalue weighted by Gasteiger charge is 2.27. The second-order valence-corrected chi connectivity index (χ2v) is 6.42. The SMILES string of the molecule is CC1(NCc2ccn(C3CCCCC3)n2)CCNC1. The van der Waals surface area contributed by atoms with Gasteiger partial charge in [0.05, 0.1) is 11.7 Å². The number of hydrogen-bond acceptors (Lipinski definition) is 3. The van der Waals surface area contributed by atoms with E-state index in [4.69, 9.17) is 5.10 Å². The predicted octanol–water partition coefficient (Wildman–Crippen LogP) is 2.23. The van der Waals surface area contributed by atoms with Crippen molar-refractivity contribution in [3.8, 4) is 0 Å². The normalized spacial score (nSPS) is 28.9. The highest BCUT2D eigenvalue weighted by Crippen LogP contribution is 2.27. The average Bonchev–Trinajstić information content (AvgIpc) is 3.07. The molecule has 2 aliphatic rings. The van der Waals surface area contributed by atoms with Crippen molar-refractivity contribution < 1.29 is 0 Å². The van der Waals surface area contributed by atoms with Gasteiger partial charge in [0.2, 0.25) is 0 Å². The molecule has 1 aliphatic heterocycles. The molecule has 0 amide bonds. The summed E-state index contributed by atoms with van der Waals surface area (Å²) in [6.45, 7) is 5.37. The van der Waals surface area contributed by atoms with Gasteiger partial charge in [-0.25, -0.2) is 0 Å². The third-order valence-electron chi connectivity index (χ3n) is 4.68. The predicted molar refractivity (Wildman–Crippen MR) is 77.1 cm³/mol. The molecule has 0 radical (unpaired) electrons. The first kappa shape index (κ1) is 13.1. The van der Waals surface area contributed by atoms with Gasteiger partial charge in [-0.15, -0.1) is 0 Å². The van der Waals surface area contributed by atoms with Crippen LogP contribution in [0.1, 0.15) is 57.2 Å². The molecule has 106 valence electrons. The Bertz CT molecular complexity index is 400. The molecule has 1 aliphatic carbocycles. The molecule has 1 aromatic rings. The lowest BCUT2D eigenvalue weighted by atomic mass is 9.96. The van der Waals surface area contributed by atoms with Crippen molar-refractivity contribution in [3.63, 3.8) is 0 Å². The largest absolute Gasteiger partial charge is 0.315 e. The second-order valence-electron chi connectivity index (χ2n) is 6.42. The van der Waals surface area contributed by atoms with Crippen LogP contribution in [0, 0.1) is 0 Å². The van der Waals surface area contributed by atoms with Gasteiger partial charge in [-0.1, -0.05) is 19.3 Å². The summed E-state index contributed by atoms with van der Waals surface area (Å²) in [5, 5.41) is 11.8. The van der Waals surface area contributed by atoms with E-state index in [1.54, 1.807) is 0 Å². The Labute approximate surface area is 116 Å². The van der Waals surface area contributed by atoms with E-state index in [1.165, 1.54) is 44.2 Å². The Hall–Kier alpha value is -0.870. The minimum absolute atomic E-state index is 0.245. The Morgan fingerprint density at radius 2 is 2.26 bits per heavy atom.